The summed E-state index contributed by atoms with van der Waals surface area (Å²) in [5.74, 6) is 2.49. The molecule has 170 valence electrons. The number of cyclic esters (lactones) is 1. The molecule has 2 heterocycles. The predicted octanol–water partition coefficient (Wildman–Crippen LogP) is 4.18. The molecule has 0 bridgehead atoms. The van der Waals surface area contributed by atoms with E-state index in [9.17, 15) is 4.79 Å². The lowest BCUT2D eigenvalue weighted by molar-refractivity contribution is 0.0472. The van der Waals surface area contributed by atoms with Crippen LogP contribution in [0, 0.1) is 5.92 Å². The molecule has 2 aliphatic heterocycles. The number of carbonyl (C=O) groups is 1. The molecule has 0 radical (unpaired) electrons. The Hall–Kier alpha value is -2.97. The van der Waals surface area contributed by atoms with Crippen LogP contribution in [0.2, 0.25) is 0 Å². The van der Waals surface area contributed by atoms with Crippen LogP contribution in [0.1, 0.15) is 36.0 Å². The Balaban J connectivity index is 1.47. The van der Waals surface area contributed by atoms with Gasteiger partial charge in [-0.3, -0.25) is 0 Å². The number of carbonyl (C=O) groups excluding carboxylic acids is 1. The van der Waals surface area contributed by atoms with Gasteiger partial charge < -0.3 is 33.2 Å². The van der Waals surface area contributed by atoms with Crippen molar-refractivity contribution < 1.29 is 38.0 Å². The second-order valence-electron chi connectivity index (χ2n) is 8.41. The number of fused-ring (bicyclic) bond motifs is 3. The lowest BCUT2D eigenvalue weighted by Gasteiger charge is -2.36. The van der Waals surface area contributed by atoms with E-state index < -0.39 is 11.8 Å². The molecule has 0 N–H and O–H groups in total. The Morgan fingerprint density at radius 1 is 0.969 bits per heavy atom. The molecule has 2 aromatic carbocycles. The fourth-order valence-electron chi connectivity index (χ4n) is 5.05. The first kappa shape index (κ1) is 20.9. The summed E-state index contributed by atoms with van der Waals surface area (Å²) in [4.78, 5) is 11.8. The highest BCUT2D eigenvalue weighted by Gasteiger charge is 2.57. The van der Waals surface area contributed by atoms with E-state index in [2.05, 4.69) is 0 Å². The van der Waals surface area contributed by atoms with Crippen molar-refractivity contribution in [2.75, 3.05) is 34.4 Å². The van der Waals surface area contributed by atoms with Gasteiger partial charge in [0.15, 0.2) is 19.2 Å². The van der Waals surface area contributed by atoms with E-state index in [4.69, 9.17) is 33.2 Å². The Kier molecular flexibility index (Phi) is 5.57. The Bertz CT molecular complexity index is 974. The molecule has 8 heteroatoms. The maximum Gasteiger partial charge on any atom is 0.509 e. The second-order valence-corrected chi connectivity index (χ2v) is 8.41. The van der Waals surface area contributed by atoms with Crippen molar-refractivity contribution in [1.29, 1.82) is 0 Å². The first-order valence-electron chi connectivity index (χ1n) is 10.6. The molecule has 2 fully saturated rings. The summed E-state index contributed by atoms with van der Waals surface area (Å²) < 4.78 is 38.5. The second kappa shape index (κ2) is 8.52. The Labute approximate surface area is 186 Å². The first-order valence-corrected chi connectivity index (χ1v) is 10.6. The van der Waals surface area contributed by atoms with Gasteiger partial charge in [-0.1, -0.05) is 12.1 Å². The normalized spacial score (nSPS) is 27.8. The quantitative estimate of drug-likeness (QED) is 0.467. The molecule has 5 rings (SSSR count). The van der Waals surface area contributed by atoms with Crippen LogP contribution in [0.3, 0.4) is 0 Å². The summed E-state index contributed by atoms with van der Waals surface area (Å²) in [6.45, 7) is 0.631. The highest BCUT2D eigenvalue weighted by atomic mass is 16.8. The number of hydrogen-bond acceptors (Lipinski definition) is 8. The number of methoxy groups -OCH3 is 2. The van der Waals surface area contributed by atoms with E-state index >= 15 is 0 Å². The molecule has 32 heavy (non-hydrogen) atoms. The molecule has 3 aliphatic rings. The summed E-state index contributed by atoms with van der Waals surface area (Å²) in [5, 5.41) is 0. The third kappa shape index (κ3) is 3.84. The molecule has 1 saturated heterocycles. The van der Waals surface area contributed by atoms with Crippen molar-refractivity contribution >= 4 is 6.16 Å². The van der Waals surface area contributed by atoms with Crippen LogP contribution >= 0.6 is 0 Å². The average Bonchev–Trinajstić information content (AvgIpc) is 3.37. The first-order chi connectivity index (χ1) is 15.6. The summed E-state index contributed by atoms with van der Waals surface area (Å²) in [6, 6.07) is 13.6. The SMILES string of the molecule is COCOc1ccc([C@H]2Oc3ccc(OCOC)cc3[C@H]3C[C@@]4(COC(=O)O4)CC32)cc1. The van der Waals surface area contributed by atoms with Gasteiger partial charge >= 0.3 is 6.16 Å². The minimum Gasteiger partial charge on any atom is -0.485 e. The van der Waals surface area contributed by atoms with E-state index in [0.29, 0.717) is 18.6 Å². The molecule has 1 unspecified atom stereocenters. The van der Waals surface area contributed by atoms with Crippen molar-refractivity contribution in [2.24, 2.45) is 5.92 Å². The highest BCUT2D eigenvalue weighted by Crippen LogP contribution is 2.59. The Morgan fingerprint density at radius 3 is 2.38 bits per heavy atom. The lowest BCUT2D eigenvalue weighted by atomic mass is 9.80. The van der Waals surface area contributed by atoms with Gasteiger partial charge in [-0.2, -0.15) is 0 Å². The van der Waals surface area contributed by atoms with Crippen LogP contribution in [-0.4, -0.2) is 46.2 Å². The van der Waals surface area contributed by atoms with Crippen LogP contribution in [0.5, 0.6) is 17.2 Å². The summed E-state index contributed by atoms with van der Waals surface area (Å²) in [6.07, 6.45) is 0.559. The van der Waals surface area contributed by atoms with Crippen LogP contribution in [0.15, 0.2) is 42.5 Å². The molecule has 1 spiro atoms. The van der Waals surface area contributed by atoms with Crippen LogP contribution in [0.25, 0.3) is 0 Å². The zero-order valence-electron chi connectivity index (χ0n) is 18.1. The third-order valence-electron chi connectivity index (χ3n) is 6.39. The number of ether oxygens (including phenoxy) is 7. The van der Waals surface area contributed by atoms with E-state index in [-0.39, 0.29) is 38.1 Å². The van der Waals surface area contributed by atoms with Crippen molar-refractivity contribution in [1.82, 2.24) is 0 Å². The van der Waals surface area contributed by atoms with Gasteiger partial charge in [-0.25, -0.2) is 4.79 Å². The minimum absolute atomic E-state index is 0.111. The number of benzene rings is 2. The largest absolute Gasteiger partial charge is 0.509 e. The van der Waals surface area contributed by atoms with Gasteiger partial charge in [0.1, 0.15) is 30.0 Å². The van der Waals surface area contributed by atoms with Crippen molar-refractivity contribution in [2.45, 2.75) is 30.5 Å². The van der Waals surface area contributed by atoms with E-state index in [1.807, 2.05) is 42.5 Å². The monoisotopic (exact) mass is 442 g/mol. The third-order valence-corrected chi connectivity index (χ3v) is 6.39. The lowest BCUT2D eigenvalue weighted by Crippen LogP contribution is -2.29. The maximum atomic E-state index is 11.8. The standard InChI is InChI=1S/C24H26O8/c1-26-13-29-16-5-3-15(4-6-16)22-20-11-24(12-28-23(25)32-24)10-19(20)18-9-17(30-14-27-2)7-8-21(18)31-22/h3-9,19-20,22H,10-14H2,1-2H3/t19-,20?,22-,24+/m1/s1. The smallest absolute Gasteiger partial charge is 0.485 e. The predicted molar refractivity (Wildman–Crippen MR) is 112 cm³/mol. The van der Waals surface area contributed by atoms with E-state index in [0.717, 1.165) is 22.6 Å². The minimum atomic E-state index is -0.624. The van der Waals surface area contributed by atoms with Crippen LogP contribution < -0.4 is 14.2 Å². The van der Waals surface area contributed by atoms with Crippen molar-refractivity contribution in [3.8, 4) is 17.2 Å². The van der Waals surface area contributed by atoms with Gasteiger partial charge in [-0.05, 0) is 54.7 Å². The Morgan fingerprint density at radius 2 is 1.69 bits per heavy atom. The highest BCUT2D eigenvalue weighted by molar-refractivity contribution is 5.63. The zero-order chi connectivity index (χ0) is 22.1. The van der Waals surface area contributed by atoms with Crippen LogP contribution in [0.4, 0.5) is 4.79 Å². The molecule has 1 saturated carbocycles. The number of hydrogen-bond donors (Lipinski definition) is 0. The van der Waals surface area contributed by atoms with E-state index in [1.54, 1.807) is 14.2 Å². The molecule has 8 nitrogen and oxygen atoms in total. The zero-order valence-corrected chi connectivity index (χ0v) is 18.1. The molecule has 2 aromatic rings. The summed E-state index contributed by atoms with van der Waals surface area (Å²) in [7, 11) is 3.17. The van der Waals surface area contributed by atoms with Crippen LogP contribution in [-0.2, 0) is 18.9 Å². The fraction of sp³-hybridized carbons (Fsp3) is 0.458. The van der Waals surface area contributed by atoms with Gasteiger partial charge in [0.25, 0.3) is 0 Å². The van der Waals surface area contributed by atoms with Gasteiger partial charge in [-0.15, -0.1) is 0 Å². The molecular formula is C24H26O8. The topological polar surface area (TPSA) is 81.7 Å². The molecule has 1 aliphatic carbocycles. The fourth-order valence-corrected chi connectivity index (χ4v) is 5.05. The van der Waals surface area contributed by atoms with E-state index in [1.165, 1.54) is 0 Å². The summed E-state index contributed by atoms with van der Waals surface area (Å²) in [5.41, 5.74) is 1.47. The van der Waals surface area contributed by atoms with Crippen molar-refractivity contribution in [3.05, 3.63) is 53.6 Å². The molecular weight excluding hydrogens is 416 g/mol. The molecule has 0 aromatic heterocycles. The molecule has 4 atom stereocenters. The van der Waals surface area contributed by atoms with Gasteiger partial charge in [0.2, 0.25) is 0 Å². The molecule has 0 amide bonds. The van der Waals surface area contributed by atoms with Crippen molar-refractivity contribution in [3.63, 3.8) is 0 Å². The summed E-state index contributed by atoms with van der Waals surface area (Å²) >= 11 is 0. The van der Waals surface area contributed by atoms with Gasteiger partial charge in [0.05, 0.1) is 0 Å². The average molecular weight is 442 g/mol. The maximum absolute atomic E-state index is 11.8. The number of rotatable bonds is 7. The van der Waals surface area contributed by atoms with Gasteiger partial charge in [0, 0.05) is 25.7 Å².